The molecule has 10 rings (SSSR count). The third-order valence-corrected chi connectivity index (χ3v) is 9.92. The van der Waals surface area contributed by atoms with Crippen molar-refractivity contribution in [2.45, 2.75) is 0 Å². The Morgan fingerprint density at radius 1 is 0.292 bits per heavy atom. The molecule has 0 unspecified atom stereocenters. The fourth-order valence-corrected chi connectivity index (χ4v) is 7.85. The highest BCUT2D eigenvalue weighted by molar-refractivity contribution is 6.29. The highest BCUT2D eigenvalue weighted by Crippen LogP contribution is 2.49. The quantitative estimate of drug-likeness (QED) is 0.147. The summed E-state index contributed by atoms with van der Waals surface area (Å²) in [5.41, 5.74) is 9.28. The molecule has 0 aliphatic carbocycles. The zero-order valence-electron chi connectivity index (χ0n) is 26.1. The molecular weight excluding hydrogens is 581 g/mol. The lowest BCUT2D eigenvalue weighted by molar-refractivity contribution is 1.41. The maximum Gasteiger partial charge on any atom is 0.0708 e. The van der Waals surface area contributed by atoms with Gasteiger partial charge in [-0.3, -0.25) is 9.97 Å². The van der Waals surface area contributed by atoms with E-state index in [1.165, 1.54) is 76.5 Å². The van der Waals surface area contributed by atoms with E-state index in [1.807, 2.05) is 24.5 Å². The number of aromatic nitrogens is 2. The van der Waals surface area contributed by atoms with Crippen LogP contribution in [0, 0.1) is 0 Å². The van der Waals surface area contributed by atoms with Gasteiger partial charge in [0.2, 0.25) is 0 Å². The van der Waals surface area contributed by atoms with Crippen LogP contribution in [0.3, 0.4) is 0 Å². The summed E-state index contributed by atoms with van der Waals surface area (Å²) in [5.74, 6) is 0. The molecule has 2 heterocycles. The monoisotopic (exact) mass is 608 g/mol. The molecule has 10 aromatic rings. The molecule has 2 aromatic heterocycles. The molecule has 0 N–H and O–H groups in total. The van der Waals surface area contributed by atoms with Crippen molar-refractivity contribution >= 4 is 64.9 Å². The Morgan fingerprint density at radius 3 is 1.44 bits per heavy atom. The average Bonchev–Trinajstić information content (AvgIpc) is 3.16. The van der Waals surface area contributed by atoms with Gasteiger partial charge in [0.1, 0.15) is 0 Å². The third-order valence-electron chi connectivity index (χ3n) is 9.92. The Balaban J connectivity index is 1.48. The van der Waals surface area contributed by atoms with Crippen LogP contribution < -0.4 is 0 Å². The lowest BCUT2D eigenvalue weighted by atomic mass is 9.82. The predicted octanol–water partition coefficient (Wildman–Crippen LogP) is 12.4. The molecule has 0 bridgehead atoms. The first-order chi connectivity index (χ1) is 23.8. The van der Waals surface area contributed by atoms with Crippen LogP contribution in [-0.4, -0.2) is 9.97 Å². The molecule has 8 aromatic carbocycles. The average molecular weight is 609 g/mol. The molecular formula is C46H28N2. The van der Waals surface area contributed by atoms with Crippen molar-refractivity contribution < 1.29 is 0 Å². The second kappa shape index (κ2) is 10.6. The topological polar surface area (TPSA) is 25.8 Å². The van der Waals surface area contributed by atoms with E-state index in [4.69, 9.17) is 9.97 Å². The first-order valence-corrected chi connectivity index (χ1v) is 16.4. The molecule has 2 nitrogen and oxygen atoms in total. The summed E-state index contributed by atoms with van der Waals surface area (Å²) in [5, 5.41) is 12.2. The second-order valence-corrected chi connectivity index (χ2v) is 12.5. The molecule has 0 radical (unpaired) electrons. The maximum absolute atomic E-state index is 4.76. The first-order valence-electron chi connectivity index (χ1n) is 16.4. The van der Waals surface area contributed by atoms with Crippen molar-refractivity contribution in [3.63, 3.8) is 0 Å². The van der Waals surface area contributed by atoms with Gasteiger partial charge in [0.15, 0.2) is 0 Å². The van der Waals surface area contributed by atoms with Crippen molar-refractivity contribution in [3.8, 4) is 33.4 Å². The van der Waals surface area contributed by atoms with Crippen molar-refractivity contribution in [1.29, 1.82) is 0 Å². The van der Waals surface area contributed by atoms with Crippen LogP contribution in [0.25, 0.3) is 98.3 Å². The van der Waals surface area contributed by atoms with Gasteiger partial charge in [-0.1, -0.05) is 115 Å². The van der Waals surface area contributed by atoms with Gasteiger partial charge < -0.3 is 0 Å². The largest absolute Gasteiger partial charge is 0.256 e. The van der Waals surface area contributed by atoms with Crippen LogP contribution in [0.1, 0.15) is 0 Å². The molecule has 2 heteroatoms. The molecule has 48 heavy (non-hydrogen) atoms. The number of hydrogen-bond acceptors (Lipinski definition) is 2. The van der Waals surface area contributed by atoms with Gasteiger partial charge in [-0.2, -0.15) is 0 Å². The Morgan fingerprint density at radius 2 is 0.812 bits per heavy atom. The second-order valence-electron chi connectivity index (χ2n) is 12.5. The summed E-state index contributed by atoms with van der Waals surface area (Å²) in [4.78, 5) is 9.51. The minimum atomic E-state index is 0.994. The van der Waals surface area contributed by atoms with E-state index in [0.717, 1.165) is 21.8 Å². The molecule has 0 spiro atoms. The van der Waals surface area contributed by atoms with Crippen molar-refractivity contribution in [1.82, 2.24) is 9.97 Å². The Hall–Kier alpha value is -6.38. The van der Waals surface area contributed by atoms with Gasteiger partial charge in [-0.05, 0) is 119 Å². The molecule has 0 fully saturated rings. The minimum Gasteiger partial charge on any atom is -0.256 e. The van der Waals surface area contributed by atoms with Gasteiger partial charge in [-0.25, -0.2) is 0 Å². The van der Waals surface area contributed by atoms with E-state index in [0.29, 0.717) is 0 Å². The van der Waals surface area contributed by atoms with Crippen LogP contribution in [0.2, 0.25) is 0 Å². The van der Waals surface area contributed by atoms with Gasteiger partial charge in [0.25, 0.3) is 0 Å². The van der Waals surface area contributed by atoms with E-state index in [-0.39, 0.29) is 0 Å². The van der Waals surface area contributed by atoms with Crippen molar-refractivity contribution in [3.05, 3.63) is 170 Å². The van der Waals surface area contributed by atoms with Crippen LogP contribution in [0.5, 0.6) is 0 Å². The van der Waals surface area contributed by atoms with Crippen LogP contribution in [0.15, 0.2) is 170 Å². The Bertz CT molecular complexity index is 2880. The summed E-state index contributed by atoms with van der Waals surface area (Å²) in [6.45, 7) is 0. The molecule has 0 aliphatic heterocycles. The maximum atomic E-state index is 4.76. The Labute approximate surface area is 277 Å². The fourth-order valence-electron chi connectivity index (χ4n) is 7.85. The van der Waals surface area contributed by atoms with E-state index >= 15 is 0 Å². The highest BCUT2D eigenvalue weighted by Gasteiger charge is 2.21. The molecule has 0 amide bonds. The summed E-state index contributed by atoms with van der Waals surface area (Å²) >= 11 is 0. The normalized spacial score (nSPS) is 11.8. The first kappa shape index (κ1) is 26.8. The molecule has 0 atom stereocenters. The number of rotatable bonds is 3. The van der Waals surface area contributed by atoms with E-state index < -0.39 is 0 Å². The standard InChI is InChI=1S/C46H28N2/c1-2-12-29(13-3-1)38-26-30-14-4-5-15-31(30)39-27-41-42(28-40(38)39)46(35-19-9-23-44-33(35)21-11-25-48-44)37-17-7-6-16-36(37)45(41)34-18-8-22-43-32(34)20-10-24-47-43/h1-28H. The summed E-state index contributed by atoms with van der Waals surface area (Å²) in [6, 6.07) is 57.3. The highest BCUT2D eigenvalue weighted by atomic mass is 14.6. The number of fused-ring (bicyclic) bond motifs is 7. The summed E-state index contributed by atoms with van der Waals surface area (Å²) in [7, 11) is 0. The lowest BCUT2D eigenvalue weighted by Gasteiger charge is -2.21. The van der Waals surface area contributed by atoms with E-state index in [2.05, 4.69) is 146 Å². The molecule has 0 aliphatic rings. The molecule has 0 saturated heterocycles. The fraction of sp³-hybridized carbons (Fsp3) is 0. The smallest absolute Gasteiger partial charge is 0.0708 e. The zero-order valence-corrected chi connectivity index (χ0v) is 26.1. The van der Waals surface area contributed by atoms with E-state index in [1.54, 1.807) is 0 Å². The van der Waals surface area contributed by atoms with Crippen molar-refractivity contribution in [2.24, 2.45) is 0 Å². The van der Waals surface area contributed by atoms with Gasteiger partial charge in [0, 0.05) is 23.2 Å². The van der Waals surface area contributed by atoms with Gasteiger partial charge >= 0.3 is 0 Å². The number of nitrogens with zero attached hydrogens (tertiary/aromatic N) is 2. The van der Waals surface area contributed by atoms with Gasteiger partial charge in [0.05, 0.1) is 11.0 Å². The van der Waals surface area contributed by atoms with Gasteiger partial charge in [-0.15, -0.1) is 0 Å². The number of hydrogen-bond donors (Lipinski definition) is 0. The zero-order chi connectivity index (χ0) is 31.6. The number of benzene rings is 8. The van der Waals surface area contributed by atoms with Crippen LogP contribution >= 0.6 is 0 Å². The molecule has 222 valence electrons. The third kappa shape index (κ3) is 4.00. The summed E-state index contributed by atoms with van der Waals surface area (Å²) < 4.78 is 0. The Kier molecular flexibility index (Phi) is 5.91. The number of pyridine rings is 2. The predicted molar refractivity (Wildman–Crippen MR) is 203 cm³/mol. The van der Waals surface area contributed by atoms with Crippen molar-refractivity contribution in [2.75, 3.05) is 0 Å². The summed E-state index contributed by atoms with van der Waals surface area (Å²) in [6.07, 6.45) is 3.76. The SMILES string of the molecule is c1ccc(-c2cc3ccccc3c3cc4c(-c5cccc6ncccc56)c5ccccc5c(-c5cccc6ncccc56)c4cc23)cc1. The molecule has 0 saturated carbocycles. The van der Waals surface area contributed by atoms with E-state index in [9.17, 15) is 0 Å². The van der Waals surface area contributed by atoms with Crippen LogP contribution in [0.4, 0.5) is 0 Å². The lowest BCUT2D eigenvalue weighted by Crippen LogP contribution is -1.94. The minimum absolute atomic E-state index is 0.994. The van der Waals surface area contributed by atoms with Crippen LogP contribution in [-0.2, 0) is 0 Å².